The van der Waals surface area contributed by atoms with Crippen LogP contribution in [0.5, 0.6) is 0 Å². The molecule has 0 radical (unpaired) electrons. The van der Waals surface area contributed by atoms with E-state index < -0.39 is 0 Å². The van der Waals surface area contributed by atoms with Gasteiger partial charge in [0.2, 0.25) is 0 Å². The number of nitrogens with zero attached hydrogens (tertiary/aromatic N) is 5. The van der Waals surface area contributed by atoms with Gasteiger partial charge in [-0.2, -0.15) is 0 Å². The number of para-hydroxylation sites is 2. The summed E-state index contributed by atoms with van der Waals surface area (Å²) in [5.74, 6) is 0.685. The molecule has 0 atom stereocenters. The van der Waals surface area contributed by atoms with Gasteiger partial charge in [-0.05, 0) is 77.9 Å². The van der Waals surface area contributed by atoms with Gasteiger partial charge in [0.05, 0.1) is 39.0 Å². The molecule has 0 N–H and O–H groups in total. The Morgan fingerprint density at radius 3 is 1.73 bits per heavy atom. The molecule has 0 saturated carbocycles. The summed E-state index contributed by atoms with van der Waals surface area (Å²) in [6, 6.07) is 68.3. The van der Waals surface area contributed by atoms with Crippen LogP contribution in [0.4, 0.5) is 0 Å². The molecule has 5 heteroatoms. The standard InChI is InChI=1S/C51H33N5/c1-4-15-34(16-5-1)43-33-44(35-17-6-2-7-18-35)54-51(53-43)37-19-12-22-39(31-37)56-45-25-11-10-23-41(45)49-40(24-13-26-46(49)56)36-28-29-42-48(32-36)55(38-20-8-3-9-21-38)47-27-14-30-52-50(42)47/h1-33H. The maximum Gasteiger partial charge on any atom is 0.160 e. The molecule has 7 aromatic carbocycles. The van der Waals surface area contributed by atoms with E-state index in [1.54, 1.807) is 0 Å². The number of hydrogen-bond acceptors (Lipinski definition) is 3. The van der Waals surface area contributed by atoms with Crippen molar-refractivity contribution in [2.75, 3.05) is 0 Å². The van der Waals surface area contributed by atoms with Crippen molar-refractivity contribution in [3.05, 3.63) is 200 Å². The van der Waals surface area contributed by atoms with Crippen LogP contribution in [-0.2, 0) is 0 Å². The Bertz CT molecular complexity index is 3180. The quantitative estimate of drug-likeness (QED) is 0.172. The molecule has 11 rings (SSSR count). The molecule has 11 aromatic rings. The fraction of sp³-hybridized carbons (Fsp3) is 0. The minimum atomic E-state index is 0.685. The molecule has 56 heavy (non-hydrogen) atoms. The number of fused-ring (bicyclic) bond motifs is 6. The highest BCUT2D eigenvalue weighted by atomic mass is 15.0. The Hall–Kier alpha value is -7.63. The Morgan fingerprint density at radius 2 is 0.964 bits per heavy atom. The largest absolute Gasteiger partial charge is 0.309 e. The Kier molecular flexibility index (Phi) is 7.42. The summed E-state index contributed by atoms with van der Waals surface area (Å²) < 4.78 is 4.70. The number of pyridine rings is 1. The van der Waals surface area contributed by atoms with Crippen LogP contribution in [0, 0.1) is 0 Å². The van der Waals surface area contributed by atoms with Crippen molar-refractivity contribution in [2.45, 2.75) is 0 Å². The van der Waals surface area contributed by atoms with Gasteiger partial charge in [0, 0.05) is 50.4 Å². The molecule has 5 nitrogen and oxygen atoms in total. The van der Waals surface area contributed by atoms with Crippen LogP contribution in [-0.4, -0.2) is 24.1 Å². The predicted molar refractivity (Wildman–Crippen MR) is 230 cm³/mol. The lowest BCUT2D eigenvalue weighted by atomic mass is 9.98. The second kappa shape index (κ2) is 13.0. The van der Waals surface area contributed by atoms with Crippen LogP contribution < -0.4 is 0 Å². The first-order chi connectivity index (χ1) is 27.8. The van der Waals surface area contributed by atoms with E-state index in [-0.39, 0.29) is 0 Å². The second-order valence-corrected chi connectivity index (χ2v) is 14.1. The molecule has 0 aliphatic rings. The SMILES string of the molecule is c1ccc(-c2cc(-c3ccccc3)nc(-c3cccc(-n4c5ccccc5c5c(-c6ccc7c8ncccc8n(-c8ccccc8)c7c6)cccc54)c3)n2)cc1. The smallest absolute Gasteiger partial charge is 0.160 e. The summed E-state index contributed by atoms with van der Waals surface area (Å²) in [6.07, 6.45) is 1.88. The lowest BCUT2D eigenvalue weighted by molar-refractivity contribution is 1.16. The van der Waals surface area contributed by atoms with Gasteiger partial charge in [0.15, 0.2) is 5.82 Å². The van der Waals surface area contributed by atoms with Crippen molar-refractivity contribution in [1.29, 1.82) is 0 Å². The zero-order valence-electron chi connectivity index (χ0n) is 30.3. The Labute approximate surface area is 323 Å². The van der Waals surface area contributed by atoms with Crippen molar-refractivity contribution in [1.82, 2.24) is 24.1 Å². The van der Waals surface area contributed by atoms with Gasteiger partial charge in [-0.1, -0.05) is 127 Å². The van der Waals surface area contributed by atoms with Crippen molar-refractivity contribution in [2.24, 2.45) is 0 Å². The number of benzene rings is 7. The fourth-order valence-electron chi connectivity index (χ4n) is 8.27. The molecule has 0 amide bonds. The summed E-state index contributed by atoms with van der Waals surface area (Å²) in [7, 11) is 0. The average molecular weight is 716 g/mol. The molecule has 0 spiro atoms. The van der Waals surface area contributed by atoms with Gasteiger partial charge in [0.1, 0.15) is 0 Å². The molecule has 0 saturated heterocycles. The third-order valence-corrected chi connectivity index (χ3v) is 10.8. The van der Waals surface area contributed by atoms with Crippen molar-refractivity contribution < 1.29 is 0 Å². The van der Waals surface area contributed by atoms with E-state index in [0.29, 0.717) is 5.82 Å². The van der Waals surface area contributed by atoms with Gasteiger partial charge in [-0.15, -0.1) is 0 Å². The van der Waals surface area contributed by atoms with Crippen LogP contribution in [0.25, 0.3) is 100 Å². The Morgan fingerprint density at radius 1 is 0.357 bits per heavy atom. The summed E-state index contributed by atoms with van der Waals surface area (Å²) in [4.78, 5) is 15.1. The highest BCUT2D eigenvalue weighted by molar-refractivity contribution is 6.17. The van der Waals surface area contributed by atoms with E-state index >= 15 is 0 Å². The highest BCUT2D eigenvalue weighted by Gasteiger charge is 2.19. The van der Waals surface area contributed by atoms with Crippen molar-refractivity contribution in [3.63, 3.8) is 0 Å². The summed E-state index contributed by atoms with van der Waals surface area (Å²) >= 11 is 0. The molecular weight excluding hydrogens is 683 g/mol. The molecule has 4 heterocycles. The minimum absolute atomic E-state index is 0.685. The van der Waals surface area contributed by atoms with Crippen molar-refractivity contribution in [3.8, 4) is 56.4 Å². The lowest BCUT2D eigenvalue weighted by Crippen LogP contribution is -1.98. The van der Waals surface area contributed by atoms with Gasteiger partial charge >= 0.3 is 0 Å². The summed E-state index contributed by atoms with van der Waals surface area (Å²) in [6.45, 7) is 0. The molecule has 0 aliphatic heterocycles. The van der Waals surface area contributed by atoms with Gasteiger partial charge in [0.25, 0.3) is 0 Å². The fourth-order valence-corrected chi connectivity index (χ4v) is 8.27. The zero-order chi connectivity index (χ0) is 37.0. The molecular formula is C51H33N5. The monoisotopic (exact) mass is 715 g/mol. The predicted octanol–water partition coefficient (Wildman–Crippen LogP) is 12.7. The number of hydrogen-bond donors (Lipinski definition) is 0. The van der Waals surface area contributed by atoms with Gasteiger partial charge in [-0.3, -0.25) is 4.98 Å². The zero-order valence-corrected chi connectivity index (χ0v) is 30.3. The third-order valence-electron chi connectivity index (χ3n) is 10.8. The third kappa shape index (κ3) is 5.21. The van der Waals surface area contributed by atoms with E-state index in [1.807, 2.05) is 24.4 Å². The topological polar surface area (TPSA) is 48.5 Å². The molecule has 0 aliphatic carbocycles. The summed E-state index contributed by atoms with van der Waals surface area (Å²) in [5.41, 5.74) is 14.8. The van der Waals surface area contributed by atoms with E-state index in [1.165, 1.54) is 16.3 Å². The average Bonchev–Trinajstić information content (AvgIpc) is 3.80. The van der Waals surface area contributed by atoms with Crippen LogP contribution >= 0.6 is 0 Å². The highest BCUT2D eigenvalue weighted by Crippen LogP contribution is 2.41. The maximum atomic E-state index is 5.14. The van der Waals surface area contributed by atoms with Crippen LogP contribution in [0.2, 0.25) is 0 Å². The molecule has 0 unspecified atom stereocenters. The maximum absolute atomic E-state index is 5.14. The second-order valence-electron chi connectivity index (χ2n) is 14.1. The normalized spacial score (nSPS) is 11.6. The van der Waals surface area contributed by atoms with Gasteiger partial charge < -0.3 is 9.13 Å². The molecule has 0 fully saturated rings. The molecule has 0 bridgehead atoms. The van der Waals surface area contributed by atoms with Crippen LogP contribution in [0.1, 0.15) is 0 Å². The van der Waals surface area contributed by atoms with Crippen LogP contribution in [0.15, 0.2) is 200 Å². The molecule has 262 valence electrons. The minimum Gasteiger partial charge on any atom is -0.309 e. The summed E-state index contributed by atoms with van der Waals surface area (Å²) in [5, 5.41) is 3.54. The van der Waals surface area contributed by atoms with Crippen molar-refractivity contribution >= 4 is 43.7 Å². The van der Waals surface area contributed by atoms with Crippen LogP contribution in [0.3, 0.4) is 0 Å². The number of aromatic nitrogens is 5. The first-order valence-corrected chi connectivity index (χ1v) is 18.9. The van der Waals surface area contributed by atoms with E-state index in [9.17, 15) is 0 Å². The van der Waals surface area contributed by atoms with Gasteiger partial charge in [-0.25, -0.2) is 9.97 Å². The number of rotatable bonds is 6. The molecule has 4 aromatic heterocycles. The van der Waals surface area contributed by atoms with E-state index in [2.05, 4.69) is 185 Å². The lowest BCUT2D eigenvalue weighted by Gasteiger charge is -2.12. The van der Waals surface area contributed by atoms with E-state index in [4.69, 9.17) is 15.0 Å². The first-order valence-electron chi connectivity index (χ1n) is 18.9. The Balaban J connectivity index is 1.10. The van der Waals surface area contributed by atoms with E-state index in [0.717, 1.165) is 78.0 Å². The first kappa shape index (κ1) is 31.9.